The van der Waals surface area contributed by atoms with Crippen LogP contribution < -0.4 is 5.32 Å². The molecule has 38 heavy (non-hydrogen) atoms. The first-order chi connectivity index (χ1) is 18.2. The van der Waals surface area contributed by atoms with Crippen molar-refractivity contribution in [2.75, 3.05) is 24.6 Å². The Balaban J connectivity index is 1.56. The van der Waals surface area contributed by atoms with E-state index in [4.69, 9.17) is 0 Å². The molecule has 7 nitrogen and oxygen atoms in total. The number of hydrogen-bond acceptors (Lipinski definition) is 8. The predicted octanol–water partition coefficient (Wildman–Crippen LogP) is 4.39. The van der Waals surface area contributed by atoms with Gasteiger partial charge in [0.25, 0.3) is 0 Å². The number of nitrogens with one attached hydrogen (secondary N) is 1. The fraction of sp³-hybridized carbons (Fsp3) is 0.621. The molecule has 3 rings (SSSR count). The molecule has 1 aromatic carbocycles. The Kier molecular flexibility index (Phi) is 11.6. The summed E-state index contributed by atoms with van der Waals surface area (Å²) in [5.41, 5.74) is 0.664. The third-order valence-electron chi connectivity index (χ3n) is 7.34. The zero-order valence-corrected chi connectivity index (χ0v) is 24.3. The second-order valence-electron chi connectivity index (χ2n) is 10.2. The molecule has 1 N–H and O–H groups in total. The summed E-state index contributed by atoms with van der Waals surface area (Å²) in [5, 5.41) is 2.67. The number of likely N-dealkylation sites (N-methyl/N-ethyl adjacent to an activating group) is 1. The number of thioether (sulfide) groups is 2. The van der Waals surface area contributed by atoms with Crippen LogP contribution >= 0.6 is 23.5 Å². The van der Waals surface area contributed by atoms with E-state index in [0.717, 1.165) is 31.0 Å². The number of Topliss-reactive ketones (excluding diaryl/α,β-unsaturated/α-hetero) is 4. The van der Waals surface area contributed by atoms with Crippen LogP contribution in [-0.2, 0) is 24.0 Å². The first-order valence-electron chi connectivity index (χ1n) is 13.7. The number of rotatable bonds is 14. The van der Waals surface area contributed by atoms with Gasteiger partial charge in [0.1, 0.15) is 6.04 Å². The normalized spacial score (nSPS) is 20.6. The molecule has 2 aliphatic heterocycles. The van der Waals surface area contributed by atoms with Crippen molar-refractivity contribution in [3.05, 3.63) is 35.9 Å². The number of likely N-dealkylation sites (tertiary alicyclic amines) is 1. The van der Waals surface area contributed by atoms with E-state index >= 15 is 0 Å². The van der Waals surface area contributed by atoms with Crippen LogP contribution in [-0.4, -0.2) is 68.7 Å². The van der Waals surface area contributed by atoms with Crippen molar-refractivity contribution in [2.45, 2.75) is 81.9 Å². The van der Waals surface area contributed by atoms with Gasteiger partial charge in [-0.05, 0) is 49.8 Å². The monoisotopic (exact) mass is 560 g/mol. The lowest BCUT2D eigenvalue weighted by atomic mass is 9.87. The van der Waals surface area contributed by atoms with Gasteiger partial charge >= 0.3 is 0 Å². The lowest BCUT2D eigenvalue weighted by Gasteiger charge is -2.31. The molecule has 0 radical (unpaired) electrons. The van der Waals surface area contributed by atoms with Crippen LogP contribution in [0.4, 0.5) is 0 Å². The number of ketones is 4. The molecule has 208 valence electrons. The second-order valence-corrected chi connectivity index (χ2v) is 13.4. The van der Waals surface area contributed by atoms with E-state index in [0.29, 0.717) is 18.4 Å². The molecule has 0 saturated carbocycles. The lowest BCUT2D eigenvalue weighted by Crippen LogP contribution is -2.38. The second kappa shape index (κ2) is 14.4. The third-order valence-corrected chi connectivity index (χ3v) is 10.7. The van der Waals surface area contributed by atoms with E-state index in [1.54, 1.807) is 24.3 Å². The molecule has 1 aromatic rings. The highest BCUT2D eigenvalue weighted by atomic mass is 32.2. The summed E-state index contributed by atoms with van der Waals surface area (Å²) >= 11 is 3.91. The van der Waals surface area contributed by atoms with Crippen LogP contribution in [0.15, 0.2) is 30.3 Å². The number of carbonyl (C=O) groups excluding carboxylic acids is 5. The molecule has 2 heterocycles. The number of benzene rings is 1. The number of carbonyl (C=O) groups is 5. The van der Waals surface area contributed by atoms with Gasteiger partial charge in [-0.1, -0.05) is 50.6 Å². The van der Waals surface area contributed by atoms with Crippen LogP contribution in [0, 0.1) is 5.92 Å². The maximum atomic E-state index is 13.4. The SMILES string of the molecule is CCCC(CC(=O)[C@@H]1CC2(CN1CC)SCCCS2)C(=O)C(=O)CCC(=O)N[C@H](C(C)=O)c1ccccc1. The highest BCUT2D eigenvalue weighted by Crippen LogP contribution is 2.50. The topological polar surface area (TPSA) is 101 Å². The molecular weight excluding hydrogens is 520 g/mol. The number of amides is 1. The van der Waals surface area contributed by atoms with Crippen LogP contribution in [0.25, 0.3) is 0 Å². The first-order valence-corrected chi connectivity index (χ1v) is 15.6. The molecule has 9 heteroatoms. The van der Waals surface area contributed by atoms with Gasteiger partial charge in [-0.3, -0.25) is 28.9 Å². The fourth-order valence-corrected chi connectivity index (χ4v) is 8.72. The molecule has 2 fully saturated rings. The molecule has 2 saturated heterocycles. The maximum absolute atomic E-state index is 13.4. The smallest absolute Gasteiger partial charge is 0.221 e. The zero-order valence-electron chi connectivity index (χ0n) is 22.7. The Morgan fingerprint density at radius 2 is 1.74 bits per heavy atom. The molecule has 1 amide bonds. The van der Waals surface area contributed by atoms with Crippen LogP contribution in [0.3, 0.4) is 0 Å². The summed E-state index contributed by atoms with van der Waals surface area (Å²) in [6.07, 6.45) is 2.78. The van der Waals surface area contributed by atoms with Crippen molar-refractivity contribution in [1.82, 2.24) is 10.2 Å². The minimum Gasteiger partial charge on any atom is -0.342 e. The van der Waals surface area contributed by atoms with Crippen molar-refractivity contribution < 1.29 is 24.0 Å². The van der Waals surface area contributed by atoms with E-state index in [2.05, 4.69) is 17.1 Å². The Labute approximate surface area is 234 Å². The molecule has 1 spiro atoms. The first kappa shape index (κ1) is 30.6. The molecule has 1 unspecified atom stereocenters. The highest BCUT2D eigenvalue weighted by Gasteiger charge is 2.48. The van der Waals surface area contributed by atoms with Gasteiger partial charge < -0.3 is 5.32 Å². The van der Waals surface area contributed by atoms with Gasteiger partial charge in [0.2, 0.25) is 11.7 Å². The molecular formula is C29H40N2O5S2. The van der Waals surface area contributed by atoms with Gasteiger partial charge in [0.15, 0.2) is 17.3 Å². The molecule has 0 aromatic heterocycles. The molecule has 0 aliphatic carbocycles. The van der Waals surface area contributed by atoms with Crippen molar-refractivity contribution in [3.8, 4) is 0 Å². The molecule has 0 bridgehead atoms. The maximum Gasteiger partial charge on any atom is 0.221 e. The van der Waals surface area contributed by atoms with E-state index in [-0.39, 0.29) is 40.9 Å². The summed E-state index contributed by atoms with van der Waals surface area (Å²) in [6.45, 7) is 7.06. The summed E-state index contributed by atoms with van der Waals surface area (Å²) < 4.78 is 0.0551. The van der Waals surface area contributed by atoms with Crippen molar-refractivity contribution in [2.24, 2.45) is 5.92 Å². The van der Waals surface area contributed by atoms with Crippen molar-refractivity contribution >= 4 is 52.6 Å². The Bertz CT molecular complexity index is 1010. The van der Waals surface area contributed by atoms with Gasteiger partial charge in [0, 0.05) is 31.7 Å². The standard InChI is InChI=1S/C29H40N2O5S2/c1-4-10-22(17-25(34)23-18-29(19-31(23)5-2)37-15-9-16-38-29)28(36)24(33)13-14-26(35)30-27(20(3)32)21-11-7-6-8-12-21/h6-8,11-12,22-23,27H,4-5,9-10,13-19H2,1-3H3,(H,30,35)/t22?,23-,27+/m0/s1. The van der Waals surface area contributed by atoms with Gasteiger partial charge in [-0.2, -0.15) is 0 Å². The average molecular weight is 561 g/mol. The van der Waals surface area contributed by atoms with Crippen LogP contribution in [0.5, 0.6) is 0 Å². The number of nitrogens with zero attached hydrogens (tertiary/aromatic N) is 1. The largest absolute Gasteiger partial charge is 0.342 e. The minimum absolute atomic E-state index is 0.0417. The van der Waals surface area contributed by atoms with Gasteiger partial charge in [-0.15, -0.1) is 23.5 Å². The zero-order chi connectivity index (χ0) is 27.7. The minimum atomic E-state index is -0.795. The lowest BCUT2D eigenvalue weighted by molar-refractivity contribution is -0.141. The number of hydrogen-bond donors (Lipinski definition) is 1. The molecule has 3 atom stereocenters. The van der Waals surface area contributed by atoms with Crippen molar-refractivity contribution in [3.63, 3.8) is 0 Å². The average Bonchev–Trinajstić information content (AvgIpc) is 3.28. The Morgan fingerprint density at radius 3 is 2.34 bits per heavy atom. The van der Waals surface area contributed by atoms with Gasteiger partial charge in [0.05, 0.1) is 10.1 Å². The summed E-state index contributed by atoms with van der Waals surface area (Å²) in [4.78, 5) is 66.1. The third kappa shape index (κ3) is 8.02. The van der Waals surface area contributed by atoms with E-state index in [1.165, 1.54) is 13.3 Å². The molecule has 2 aliphatic rings. The van der Waals surface area contributed by atoms with E-state index in [9.17, 15) is 24.0 Å². The fourth-order valence-electron chi connectivity index (χ4n) is 5.31. The summed E-state index contributed by atoms with van der Waals surface area (Å²) in [5.74, 6) is -0.245. The Morgan fingerprint density at radius 1 is 1.05 bits per heavy atom. The quantitative estimate of drug-likeness (QED) is 0.335. The van der Waals surface area contributed by atoms with Crippen molar-refractivity contribution in [1.29, 1.82) is 0 Å². The van der Waals surface area contributed by atoms with Gasteiger partial charge in [-0.25, -0.2) is 0 Å². The predicted molar refractivity (Wildman–Crippen MR) is 153 cm³/mol. The summed E-state index contributed by atoms with van der Waals surface area (Å²) in [6, 6.07) is 7.89. The van der Waals surface area contributed by atoms with Crippen LogP contribution in [0.2, 0.25) is 0 Å². The van der Waals surface area contributed by atoms with E-state index in [1.807, 2.05) is 36.5 Å². The van der Waals surface area contributed by atoms with E-state index < -0.39 is 29.4 Å². The van der Waals surface area contributed by atoms with Crippen LogP contribution in [0.1, 0.15) is 77.3 Å². The highest BCUT2D eigenvalue weighted by molar-refractivity contribution is 8.18. The Hall–Kier alpha value is -1.97. The summed E-state index contributed by atoms with van der Waals surface area (Å²) in [7, 11) is 0.